The van der Waals surface area contributed by atoms with Crippen LogP contribution < -0.4 is 10.1 Å². The lowest BCUT2D eigenvalue weighted by Crippen LogP contribution is -1.87. The number of methoxy groups -OCH3 is 1. The molecule has 0 fully saturated rings. The van der Waals surface area contributed by atoms with Gasteiger partial charge in [-0.05, 0) is 29.8 Å². The molecule has 4 rings (SSSR count). The molecular weight excluding hydrogens is 352 g/mol. The third kappa shape index (κ3) is 3.24. The Morgan fingerprint density at radius 2 is 1.80 bits per heavy atom. The van der Waals surface area contributed by atoms with Crippen LogP contribution in [0.2, 0.25) is 0 Å². The van der Waals surface area contributed by atoms with Crippen LogP contribution in [-0.4, -0.2) is 22.3 Å². The summed E-state index contributed by atoms with van der Waals surface area (Å²) in [7, 11) is 1.68. The number of pyridine rings is 1. The number of nitrogens with one attached hydrogen (secondary N) is 1. The molecule has 124 valence electrons. The van der Waals surface area contributed by atoms with Crippen molar-refractivity contribution in [3.8, 4) is 26.8 Å². The molecule has 3 heterocycles. The van der Waals surface area contributed by atoms with Crippen LogP contribution in [0.1, 0.15) is 0 Å². The first-order valence-electron chi connectivity index (χ1n) is 7.57. The van der Waals surface area contributed by atoms with E-state index in [1.807, 2.05) is 47.8 Å². The Bertz CT molecular complexity index is 967. The molecule has 0 saturated carbocycles. The first-order chi connectivity index (χ1) is 12.3. The number of benzene rings is 1. The molecule has 0 saturated heterocycles. The van der Waals surface area contributed by atoms with E-state index >= 15 is 0 Å². The normalized spacial score (nSPS) is 10.6. The lowest BCUT2D eigenvalue weighted by atomic mass is 10.1. The Labute approximate surface area is 153 Å². The van der Waals surface area contributed by atoms with Crippen LogP contribution in [0.4, 0.5) is 10.8 Å². The van der Waals surface area contributed by atoms with Crippen molar-refractivity contribution < 1.29 is 4.74 Å². The molecule has 1 N–H and O–H groups in total. The highest BCUT2D eigenvalue weighted by Crippen LogP contribution is 2.45. The van der Waals surface area contributed by atoms with Crippen LogP contribution in [-0.2, 0) is 0 Å². The summed E-state index contributed by atoms with van der Waals surface area (Å²) in [4.78, 5) is 5.13. The Balaban J connectivity index is 1.70. The number of para-hydroxylation sites is 1. The molecule has 25 heavy (non-hydrogen) atoms. The number of ether oxygens (including phenoxy) is 1. The van der Waals surface area contributed by atoms with Gasteiger partial charge >= 0.3 is 0 Å². The molecule has 0 atom stereocenters. The zero-order chi connectivity index (χ0) is 17.1. The smallest absolute Gasteiger partial charge is 0.210 e. The van der Waals surface area contributed by atoms with Gasteiger partial charge in [-0.3, -0.25) is 4.98 Å². The van der Waals surface area contributed by atoms with E-state index in [0.717, 1.165) is 37.6 Å². The van der Waals surface area contributed by atoms with Gasteiger partial charge in [0.15, 0.2) is 5.01 Å². The van der Waals surface area contributed by atoms with E-state index in [2.05, 4.69) is 20.5 Å². The van der Waals surface area contributed by atoms with Gasteiger partial charge in [0.25, 0.3) is 0 Å². The fraction of sp³-hybridized carbons (Fsp3) is 0.0556. The number of thiophene rings is 1. The second-order valence-electron chi connectivity index (χ2n) is 5.15. The van der Waals surface area contributed by atoms with Crippen molar-refractivity contribution in [1.29, 1.82) is 0 Å². The van der Waals surface area contributed by atoms with Gasteiger partial charge in [0.05, 0.1) is 12.0 Å². The molecule has 0 unspecified atom stereocenters. The topological polar surface area (TPSA) is 59.9 Å². The molecule has 3 aromatic heterocycles. The van der Waals surface area contributed by atoms with E-state index in [0.29, 0.717) is 0 Å². The second kappa shape index (κ2) is 7.00. The molecule has 0 aliphatic heterocycles. The van der Waals surface area contributed by atoms with Crippen molar-refractivity contribution in [1.82, 2.24) is 15.2 Å². The minimum Gasteiger partial charge on any atom is -0.495 e. The Hall–Kier alpha value is -2.77. The molecule has 0 amide bonds. The molecule has 1 aromatic carbocycles. The maximum atomic E-state index is 5.54. The Morgan fingerprint density at radius 3 is 2.56 bits per heavy atom. The summed E-state index contributed by atoms with van der Waals surface area (Å²) >= 11 is 3.12. The largest absolute Gasteiger partial charge is 0.495 e. The van der Waals surface area contributed by atoms with Crippen molar-refractivity contribution in [2.75, 3.05) is 12.4 Å². The summed E-state index contributed by atoms with van der Waals surface area (Å²) < 4.78 is 5.54. The maximum absolute atomic E-state index is 5.54. The standard InChI is InChI=1S/C18H14N4OS2/c1-23-14-11-24-16(15(14)12-7-9-19-10-8-12)17-21-22-18(25-17)20-13-5-3-2-4-6-13/h2-11H,1H3,(H,20,22). The summed E-state index contributed by atoms with van der Waals surface area (Å²) in [5.74, 6) is 0.832. The quantitative estimate of drug-likeness (QED) is 0.534. The predicted octanol–water partition coefficient (Wildman–Crippen LogP) is 5.08. The van der Waals surface area contributed by atoms with Crippen LogP contribution in [0, 0.1) is 0 Å². The summed E-state index contributed by atoms with van der Waals surface area (Å²) in [5, 5.41) is 15.5. The van der Waals surface area contributed by atoms with Crippen LogP contribution in [0.15, 0.2) is 60.2 Å². The number of rotatable bonds is 5. The van der Waals surface area contributed by atoms with Crippen LogP contribution in [0.25, 0.3) is 21.0 Å². The van der Waals surface area contributed by atoms with Crippen molar-refractivity contribution in [3.63, 3.8) is 0 Å². The molecule has 4 aromatic rings. The lowest BCUT2D eigenvalue weighted by Gasteiger charge is -2.05. The highest BCUT2D eigenvalue weighted by atomic mass is 32.1. The summed E-state index contributed by atoms with van der Waals surface area (Å²) in [5.41, 5.74) is 3.07. The monoisotopic (exact) mass is 366 g/mol. The predicted molar refractivity (Wildman–Crippen MR) is 103 cm³/mol. The summed E-state index contributed by atoms with van der Waals surface area (Å²) in [6, 6.07) is 13.9. The van der Waals surface area contributed by atoms with Crippen molar-refractivity contribution in [2.24, 2.45) is 0 Å². The van der Waals surface area contributed by atoms with Gasteiger partial charge in [-0.1, -0.05) is 29.5 Å². The molecule has 0 aliphatic rings. The lowest BCUT2D eigenvalue weighted by molar-refractivity contribution is 0.418. The van der Waals surface area contributed by atoms with Gasteiger partial charge in [-0.2, -0.15) is 0 Å². The third-order valence-corrected chi connectivity index (χ3v) is 5.54. The second-order valence-corrected chi connectivity index (χ2v) is 7.00. The van der Waals surface area contributed by atoms with E-state index in [4.69, 9.17) is 4.74 Å². The molecule has 0 bridgehead atoms. The zero-order valence-electron chi connectivity index (χ0n) is 13.3. The molecule has 0 spiro atoms. The molecular formula is C18H14N4OS2. The van der Waals surface area contributed by atoms with Crippen molar-refractivity contribution in [2.45, 2.75) is 0 Å². The number of hydrogen-bond acceptors (Lipinski definition) is 7. The first-order valence-corrected chi connectivity index (χ1v) is 9.26. The van der Waals surface area contributed by atoms with Gasteiger partial charge < -0.3 is 10.1 Å². The van der Waals surface area contributed by atoms with E-state index in [9.17, 15) is 0 Å². The fourth-order valence-corrected chi connectivity index (χ4v) is 4.35. The first kappa shape index (κ1) is 15.7. The number of aromatic nitrogens is 3. The molecule has 0 aliphatic carbocycles. The highest BCUT2D eigenvalue weighted by molar-refractivity contribution is 7.23. The van der Waals surface area contributed by atoms with Crippen LogP contribution in [0.5, 0.6) is 5.75 Å². The maximum Gasteiger partial charge on any atom is 0.210 e. The number of hydrogen-bond donors (Lipinski definition) is 1. The molecule has 7 heteroatoms. The van der Waals surface area contributed by atoms with Crippen molar-refractivity contribution in [3.05, 3.63) is 60.2 Å². The number of nitrogens with zero attached hydrogens (tertiary/aromatic N) is 3. The van der Waals surface area contributed by atoms with Crippen molar-refractivity contribution >= 4 is 33.5 Å². The molecule has 5 nitrogen and oxygen atoms in total. The van der Waals surface area contributed by atoms with E-state index in [1.54, 1.807) is 30.8 Å². The van der Waals surface area contributed by atoms with Gasteiger partial charge in [-0.25, -0.2) is 0 Å². The van der Waals surface area contributed by atoms with E-state index < -0.39 is 0 Å². The highest BCUT2D eigenvalue weighted by Gasteiger charge is 2.19. The van der Waals surface area contributed by atoms with E-state index in [-0.39, 0.29) is 0 Å². The Morgan fingerprint density at radius 1 is 1.00 bits per heavy atom. The minimum atomic E-state index is 0.759. The van der Waals surface area contributed by atoms with Gasteiger partial charge in [0.2, 0.25) is 5.13 Å². The minimum absolute atomic E-state index is 0.759. The Kier molecular flexibility index (Phi) is 4.41. The SMILES string of the molecule is COc1csc(-c2nnc(Nc3ccccc3)s2)c1-c1ccncc1. The third-order valence-electron chi connectivity index (χ3n) is 3.59. The fourth-order valence-electron chi connectivity index (χ4n) is 2.45. The molecule has 0 radical (unpaired) electrons. The van der Waals surface area contributed by atoms with Crippen LogP contribution in [0.3, 0.4) is 0 Å². The van der Waals surface area contributed by atoms with Crippen LogP contribution >= 0.6 is 22.7 Å². The average molecular weight is 366 g/mol. The van der Waals surface area contributed by atoms with Gasteiger partial charge in [-0.15, -0.1) is 21.5 Å². The number of anilines is 2. The summed E-state index contributed by atoms with van der Waals surface area (Å²) in [6.07, 6.45) is 3.55. The average Bonchev–Trinajstić information content (AvgIpc) is 3.29. The van der Waals surface area contributed by atoms with Gasteiger partial charge in [0, 0.05) is 29.0 Å². The van der Waals surface area contributed by atoms with Gasteiger partial charge in [0.1, 0.15) is 5.75 Å². The zero-order valence-corrected chi connectivity index (χ0v) is 15.0. The van der Waals surface area contributed by atoms with E-state index in [1.165, 1.54) is 11.3 Å². The summed E-state index contributed by atoms with van der Waals surface area (Å²) in [6.45, 7) is 0.